The Bertz CT molecular complexity index is 576. The quantitative estimate of drug-likeness (QED) is 0.838. The van der Waals surface area contributed by atoms with E-state index in [-0.39, 0.29) is 24.4 Å². The van der Waals surface area contributed by atoms with Gasteiger partial charge < -0.3 is 20.1 Å². The maximum atomic E-state index is 12.4. The van der Waals surface area contributed by atoms with E-state index in [4.69, 9.17) is 9.47 Å². The molecule has 2 unspecified atom stereocenters. The molecule has 3 rings (SSSR count). The molecule has 1 fully saturated rings. The average Bonchev–Trinajstić information content (AvgIpc) is 2.61. The summed E-state index contributed by atoms with van der Waals surface area (Å²) < 4.78 is 11.2. The van der Waals surface area contributed by atoms with Crippen molar-refractivity contribution in [2.75, 3.05) is 26.3 Å². The minimum Gasteiger partial charge on any atom is -0.486 e. The molecule has 2 aliphatic rings. The fourth-order valence-electron chi connectivity index (χ4n) is 3.59. The molecule has 2 heterocycles. The molecule has 0 radical (unpaired) electrons. The van der Waals surface area contributed by atoms with Gasteiger partial charge in [0.25, 0.3) is 0 Å². The summed E-state index contributed by atoms with van der Waals surface area (Å²) in [6.07, 6.45) is 2.94. The Morgan fingerprint density at radius 3 is 2.60 bits per heavy atom. The summed E-state index contributed by atoms with van der Waals surface area (Å²) in [5.74, 6) is 2.76. The lowest BCUT2D eigenvalue weighted by Gasteiger charge is -2.28. The first-order valence-electron chi connectivity index (χ1n) is 9.03. The normalized spacial score (nSPS) is 19.4. The lowest BCUT2D eigenvalue weighted by atomic mass is 9.84. The van der Waals surface area contributed by atoms with Crippen LogP contribution in [0.15, 0.2) is 18.2 Å². The fourth-order valence-corrected chi connectivity index (χ4v) is 3.59. The van der Waals surface area contributed by atoms with Gasteiger partial charge in [-0.05, 0) is 62.4 Å². The Kier molecular flexibility index (Phi) is 7.38. The minimum atomic E-state index is -0.0338. The van der Waals surface area contributed by atoms with Crippen LogP contribution in [0.4, 0.5) is 0 Å². The molecule has 1 aromatic rings. The first-order valence-corrected chi connectivity index (χ1v) is 9.03. The van der Waals surface area contributed by atoms with E-state index >= 15 is 0 Å². The third-order valence-corrected chi connectivity index (χ3v) is 5.14. The van der Waals surface area contributed by atoms with Gasteiger partial charge in [0.15, 0.2) is 11.5 Å². The summed E-state index contributed by atoms with van der Waals surface area (Å²) in [7, 11) is 0. The van der Waals surface area contributed by atoms with Crippen molar-refractivity contribution in [3.8, 4) is 11.5 Å². The second kappa shape index (κ2) is 9.30. The number of nitrogens with one attached hydrogen (secondary N) is 2. The maximum Gasteiger partial charge on any atom is 0.220 e. The highest BCUT2D eigenvalue weighted by atomic mass is 35.5. The van der Waals surface area contributed by atoms with E-state index in [1.54, 1.807) is 0 Å². The highest BCUT2D eigenvalue weighted by Gasteiger charge is 2.23. The van der Waals surface area contributed by atoms with Gasteiger partial charge in [0.05, 0.1) is 6.04 Å². The summed E-state index contributed by atoms with van der Waals surface area (Å²) in [5, 5.41) is 6.50. The van der Waals surface area contributed by atoms with Crippen LogP contribution in [-0.2, 0) is 4.79 Å². The molecule has 1 amide bonds. The zero-order valence-electron chi connectivity index (χ0n) is 15.0. The van der Waals surface area contributed by atoms with Crippen LogP contribution in [0.5, 0.6) is 11.5 Å². The molecule has 1 saturated heterocycles. The third-order valence-electron chi connectivity index (χ3n) is 5.14. The first-order chi connectivity index (χ1) is 11.6. The number of benzene rings is 1. The second-order valence-corrected chi connectivity index (χ2v) is 6.96. The monoisotopic (exact) mass is 368 g/mol. The summed E-state index contributed by atoms with van der Waals surface area (Å²) in [5.41, 5.74) is 1.04. The van der Waals surface area contributed by atoms with Gasteiger partial charge in [-0.1, -0.05) is 13.0 Å². The zero-order chi connectivity index (χ0) is 16.9. The van der Waals surface area contributed by atoms with Crippen LogP contribution in [0.25, 0.3) is 0 Å². The number of hydrogen-bond acceptors (Lipinski definition) is 4. The molecule has 2 N–H and O–H groups in total. The molecule has 1 aromatic carbocycles. The van der Waals surface area contributed by atoms with Crippen molar-refractivity contribution >= 4 is 18.3 Å². The van der Waals surface area contributed by atoms with Gasteiger partial charge in [-0.2, -0.15) is 0 Å². The standard InChI is InChI=1S/C19H28N2O3.ClH/c1-13(15-5-7-20-8-6-15)11-19(22)21-14(2)16-3-4-17-18(12-16)24-10-9-23-17;/h3-4,12-15,20H,5-11H2,1-2H3,(H,21,22);1H. The van der Waals surface area contributed by atoms with Crippen LogP contribution in [-0.4, -0.2) is 32.2 Å². The number of ether oxygens (including phenoxy) is 2. The average molecular weight is 369 g/mol. The van der Waals surface area contributed by atoms with Crippen molar-refractivity contribution in [3.63, 3.8) is 0 Å². The summed E-state index contributed by atoms with van der Waals surface area (Å²) in [6.45, 7) is 7.52. The molecule has 0 aliphatic carbocycles. The van der Waals surface area contributed by atoms with Gasteiger partial charge in [-0.3, -0.25) is 4.79 Å². The first kappa shape index (κ1) is 19.9. The predicted octanol–water partition coefficient (Wildman–Crippen LogP) is 3.08. The summed E-state index contributed by atoms with van der Waals surface area (Å²) >= 11 is 0. The molecule has 0 aromatic heterocycles. The number of fused-ring (bicyclic) bond motifs is 1. The molecular formula is C19H29ClN2O3. The Labute approximate surface area is 156 Å². The minimum absolute atomic E-state index is 0. The van der Waals surface area contributed by atoms with E-state index in [1.807, 2.05) is 25.1 Å². The molecule has 140 valence electrons. The van der Waals surface area contributed by atoms with Gasteiger partial charge >= 0.3 is 0 Å². The maximum absolute atomic E-state index is 12.4. The highest BCUT2D eigenvalue weighted by Crippen LogP contribution is 2.32. The lowest BCUT2D eigenvalue weighted by molar-refractivity contribution is -0.123. The van der Waals surface area contributed by atoms with Gasteiger partial charge in [-0.15, -0.1) is 12.4 Å². The number of carbonyl (C=O) groups excluding carboxylic acids is 1. The number of halogens is 1. The fraction of sp³-hybridized carbons (Fsp3) is 0.632. The molecule has 25 heavy (non-hydrogen) atoms. The number of amides is 1. The molecule has 0 bridgehead atoms. The highest BCUT2D eigenvalue weighted by molar-refractivity contribution is 5.85. The van der Waals surface area contributed by atoms with Gasteiger partial charge in [0.1, 0.15) is 13.2 Å². The van der Waals surface area contributed by atoms with E-state index in [9.17, 15) is 4.79 Å². The van der Waals surface area contributed by atoms with Gasteiger partial charge in [0, 0.05) is 6.42 Å². The van der Waals surface area contributed by atoms with E-state index in [1.165, 1.54) is 12.8 Å². The largest absolute Gasteiger partial charge is 0.486 e. The van der Waals surface area contributed by atoms with Crippen LogP contribution >= 0.6 is 12.4 Å². The van der Waals surface area contributed by atoms with E-state index < -0.39 is 0 Å². The van der Waals surface area contributed by atoms with Gasteiger partial charge in [0.2, 0.25) is 5.91 Å². The number of piperidine rings is 1. The van der Waals surface area contributed by atoms with Crippen molar-refractivity contribution in [1.29, 1.82) is 0 Å². The number of carbonyl (C=O) groups is 1. The van der Waals surface area contributed by atoms with Gasteiger partial charge in [-0.25, -0.2) is 0 Å². The Morgan fingerprint density at radius 2 is 1.88 bits per heavy atom. The van der Waals surface area contributed by atoms with Crippen LogP contribution in [0, 0.1) is 11.8 Å². The molecular weight excluding hydrogens is 340 g/mol. The SMILES string of the molecule is CC(NC(=O)CC(C)C1CCNCC1)c1ccc2c(c1)OCCO2.Cl. The summed E-state index contributed by atoms with van der Waals surface area (Å²) in [4.78, 5) is 12.4. The second-order valence-electron chi connectivity index (χ2n) is 6.96. The molecule has 2 atom stereocenters. The smallest absolute Gasteiger partial charge is 0.220 e. The van der Waals surface area contributed by atoms with E-state index in [0.29, 0.717) is 31.5 Å². The van der Waals surface area contributed by atoms with Crippen molar-refractivity contribution in [2.24, 2.45) is 11.8 Å². The van der Waals surface area contributed by atoms with Crippen LogP contribution < -0.4 is 20.1 Å². The Balaban J connectivity index is 0.00000225. The molecule has 0 spiro atoms. The number of hydrogen-bond donors (Lipinski definition) is 2. The zero-order valence-corrected chi connectivity index (χ0v) is 15.9. The Hall–Kier alpha value is -1.46. The lowest BCUT2D eigenvalue weighted by Crippen LogP contribution is -2.34. The summed E-state index contributed by atoms with van der Waals surface area (Å²) in [6, 6.07) is 5.85. The van der Waals surface area contributed by atoms with E-state index in [2.05, 4.69) is 17.6 Å². The Morgan fingerprint density at radius 1 is 1.20 bits per heavy atom. The van der Waals surface area contributed by atoms with E-state index in [0.717, 1.165) is 30.2 Å². The molecule has 0 saturated carbocycles. The van der Waals surface area contributed by atoms with Crippen molar-refractivity contribution < 1.29 is 14.3 Å². The molecule has 2 aliphatic heterocycles. The van der Waals surface area contributed by atoms with Crippen molar-refractivity contribution in [3.05, 3.63) is 23.8 Å². The van der Waals surface area contributed by atoms with Crippen LogP contribution in [0.2, 0.25) is 0 Å². The van der Waals surface area contributed by atoms with Crippen molar-refractivity contribution in [2.45, 2.75) is 39.2 Å². The van der Waals surface area contributed by atoms with Crippen LogP contribution in [0.3, 0.4) is 0 Å². The van der Waals surface area contributed by atoms with Crippen molar-refractivity contribution in [1.82, 2.24) is 10.6 Å². The van der Waals surface area contributed by atoms with Crippen LogP contribution in [0.1, 0.15) is 44.7 Å². The third kappa shape index (κ3) is 5.25. The number of rotatable bonds is 5. The topological polar surface area (TPSA) is 59.6 Å². The molecule has 5 nitrogen and oxygen atoms in total. The molecule has 6 heteroatoms. The predicted molar refractivity (Wildman–Crippen MR) is 101 cm³/mol.